The average molecular weight is 214 g/mol. The van der Waals surface area contributed by atoms with E-state index in [1.54, 1.807) is 7.11 Å². The van der Waals surface area contributed by atoms with E-state index in [2.05, 4.69) is 0 Å². The molecule has 2 heteroatoms. The van der Waals surface area contributed by atoms with Crippen molar-refractivity contribution in [3.63, 3.8) is 0 Å². The van der Waals surface area contributed by atoms with Crippen LogP contribution in [-0.2, 0) is 4.79 Å². The number of hydrogen-bond acceptors (Lipinski definition) is 2. The lowest BCUT2D eigenvalue weighted by molar-refractivity contribution is -0.108. The molecule has 0 spiro atoms. The molecule has 2 rings (SSSR count). The van der Waals surface area contributed by atoms with Crippen LogP contribution in [0.5, 0.6) is 5.75 Å². The summed E-state index contributed by atoms with van der Waals surface area (Å²) in [5.74, 6) is 0.801. The topological polar surface area (TPSA) is 26.3 Å². The van der Waals surface area contributed by atoms with Gasteiger partial charge in [-0.15, -0.1) is 0 Å². The third kappa shape index (κ3) is 1.91. The number of carbonyl (C=O) groups is 1. The van der Waals surface area contributed by atoms with Crippen molar-refractivity contribution in [3.8, 4) is 5.75 Å². The molecule has 0 aromatic heterocycles. The molecular formula is C14H14O2. The van der Waals surface area contributed by atoms with E-state index in [1.807, 2.05) is 43.3 Å². The van der Waals surface area contributed by atoms with Gasteiger partial charge in [-0.2, -0.15) is 0 Å². The van der Waals surface area contributed by atoms with Gasteiger partial charge in [0.05, 0.1) is 7.11 Å². The molecule has 0 aliphatic heterocycles. The fourth-order valence-electron chi connectivity index (χ4n) is 1.73. The number of carbonyl (C=O) groups excluding carboxylic acids is 1. The number of hydrogen-bond donors (Lipinski definition) is 0. The SMILES string of the molecule is COc1ccc2cc([C@@H](C)C=O)ccc2c1. The maximum absolute atomic E-state index is 10.7. The van der Waals surface area contributed by atoms with Crippen LogP contribution in [0.15, 0.2) is 36.4 Å². The van der Waals surface area contributed by atoms with E-state index in [-0.39, 0.29) is 5.92 Å². The lowest BCUT2D eigenvalue weighted by Gasteiger charge is -2.07. The number of ether oxygens (including phenoxy) is 1. The summed E-state index contributed by atoms with van der Waals surface area (Å²) in [6.07, 6.45) is 0.963. The van der Waals surface area contributed by atoms with E-state index in [9.17, 15) is 4.79 Å². The summed E-state index contributed by atoms with van der Waals surface area (Å²) in [5, 5.41) is 2.26. The summed E-state index contributed by atoms with van der Waals surface area (Å²) in [6, 6.07) is 12.0. The Morgan fingerprint density at radius 3 is 2.50 bits per heavy atom. The number of benzene rings is 2. The van der Waals surface area contributed by atoms with E-state index >= 15 is 0 Å². The van der Waals surface area contributed by atoms with Gasteiger partial charge in [0.15, 0.2) is 0 Å². The van der Waals surface area contributed by atoms with Gasteiger partial charge < -0.3 is 9.53 Å². The highest BCUT2D eigenvalue weighted by Gasteiger charge is 2.04. The summed E-state index contributed by atoms with van der Waals surface area (Å²) in [5.41, 5.74) is 1.05. The third-order valence-corrected chi connectivity index (χ3v) is 2.80. The Hall–Kier alpha value is -1.83. The Kier molecular flexibility index (Phi) is 2.91. The number of rotatable bonds is 3. The average Bonchev–Trinajstić information content (AvgIpc) is 2.36. The van der Waals surface area contributed by atoms with E-state index in [0.717, 1.165) is 28.4 Å². The van der Waals surface area contributed by atoms with Crippen molar-refractivity contribution in [3.05, 3.63) is 42.0 Å². The number of fused-ring (bicyclic) bond motifs is 1. The van der Waals surface area contributed by atoms with Crippen LogP contribution in [0.4, 0.5) is 0 Å². The standard InChI is InChI=1S/C14H14O2/c1-10(9-15)11-3-4-13-8-14(16-2)6-5-12(13)7-11/h3-10H,1-2H3/t10-/m0/s1. The van der Waals surface area contributed by atoms with Gasteiger partial charge in [-0.3, -0.25) is 0 Å². The van der Waals surface area contributed by atoms with Crippen LogP contribution in [0.3, 0.4) is 0 Å². The summed E-state index contributed by atoms with van der Waals surface area (Å²) in [4.78, 5) is 10.7. The molecule has 0 N–H and O–H groups in total. The van der Waals surface area contributed by atoms with Crippen LogP contribution >= 0.6 is 0 Å². The Morgan fingerprint density at radius 1 is 1.12 bits per heavy atom. The lowest BCUT2D eigenvalue weighted by Crippen LogP contribution is -1.93. The lowest BCUT2D eigenvalue weighted by atomic mass is 9.99. The largest absolute Gasteiger partial charge is 0.497 e. The maximum atomic E-state index is 10.7. The van der Waals surface area contributed by atoms with Gasteiger partial charge in [0.1, 0.15) is 12.0 Å². The summed E-state index contributed by atoms with van der Waals surface area (Å²) < 4.78 is 5.16. The summed E-state index contributed by atoms with van der Waals surface area (Å²) in [6.45, 7) is 1.90. The predicted octanol–water partition coefficient (Wildman–Crippen LogP) is 3.15. The molecule has 0 bridgehead atoms. The minimum Gasteiger partial charge on any atom is -0.497 e. The Labute approximate surface area is 94.8 Å². The quantitative estimate of drug-likeness (QED) is 0.734. The monoisotopic (exact) mass is 214 g/mol. The summed E-state index contributed by atoms with van der Waals surface area (Å²) in [7, 11) is 1.66. The Morgan fingerprint density at radius 2 is 1.81 bits per heavy atom. The highest BCUT2D eigenvalue weighted by molar-refractivity contribution is 5.85. The van der Waals surface area contributed by atoms with Crippen molar-refractivity contribution < 1.29 is 9.53 Å². The van der Waals surface area contributed by atoms with Crippen molar-refractivity contribution in [2.45, 2.75) is 12.8 Å². The maximum Gasteiger partial charge on any atom is 0.127 e. The van der Waals surface area contributed by atoms with Gasteiger partial charge in [0.25, 0.3) is 0 Å². The van der Waals surface area contributed by atoms with Crippen molar-refractivity contribution in [2.75, 3.05) is 7.11 Å². The fourth-order valence-corrected chi connectivity index (χ4v) is 1.73. The van der Waals surface area contributed by atoms with Crippen LogP contribution in [0.2, 0.25) is 0 Å². The predicted molar refractivity (Wildman–Crippen MR) is 65.0 cm³/mol. The molecule has 0 unspecified atom stereocenters. The Balaban J connectivity index is 2.51. The first-order chi connectivity index (χ1) is 7.74. The molecule has 0 heterocycles. The van der Waals surface area contributed by atoms with Crippen LogP contribution in [0.25, 0.3) is 10.8 Å². The molecule has 2 aromatic carbocycles. The van der Waals surface area contributed by atoms with Crippen molar-refractivity contribution in [1.82, 2.24) is 0 Å². The molecule has 16 heavy (non-hydrogen) atoms. The van der Waals surface area contributed by atoms with E-state index in [1.165, 1.54) is 0 Å². The number of methoxy groups -OCH3 is 1. The molecule has 0 radical (unpaired) electrons. The van der Waals surface area contributed by atoms with Gasteiger partial charge in [-0.05, 0) is 28.5 Å². The minimum absolute atomic E-state index is 0.0495. The molecule has 82 valence electrons. The highest BCUT2D eigenvalue weighted by atomic mass is 16.5. The van der Waals surface area contributed by atoms with Crippen molar-refractivity contribution in [1.29, 1.82) is 0 Å². The smallest absolute Gasteiger partial charge is 0.127 e. The second kappa shape index (κ2) is 4.35. The van der Waals surface area contributed by atoms with Gasteiger partial charge in [-0.1, -0.05) is 31.2 Å². The Bertz CT molecular complexity index is 517. The van der Waals surface area contributed by atoms with Gasteiger partial charge in [-0.25, -0.2) is 0 Å². The zero-order chi connectivity index (χ0) is 11.5. The van der Waals surface area contributed by atoms with Crippen LogP contribution in [0.1, 0.15) is 18.4 Å². The molecular weight excluding hydrogens is 200 g/mol. The molecule has 0 amide bonds. The second-order valence-electron chi connectivity index (χ2n) is 3.90. The normalized spacial score (nSPS) is 12.4. The number of aldehydes is 1. The van der Waals surface area contributed by atoms with Crippen LogP contribution < -0.4 is 4.74 Å². The summed E-state index contributed by atoms with van der Waals surface area (Å²) >= 11 is 0. The molecule has 0 saturated heterocycles. The fraction of sp³-hybridized carbons (Fsp3) is 0.214. The zero-order valence-corrected chi connectivity index (χ0v) is 9.44. The highest BCUT2D eigenvalue weighted by Crippen LogP contribution is 2.24. The van der Waals surface area contributed by atoms with Gasteiger partial charge in [0, 0.05) is 5.92 Å². The minimum atomic E-state index is -0.0495. The molecule has 0 aliphatic rings. The molecule has 2 nitrogen and oxygen atoms in total. The van der Waals surface area contributed by atoms with Gasteiger partial charge >= 0.3 is 0 Å². The van der Waals surface area contributed by atoms with Crippen molar-refractivity contribution in [2.24, 2.45) is 0 Å². The van der Waals surface area contributed by atoms with Crippen LogP contribution in [-0.4, -0.2) is 13.4 Å². The first-order valence-corrected chi connectivity index (χ1v) is 5.27. The van der Waals surface area contributed by atoms with E-state index < -0.39 is 0 Å². The first-order valence-electron chi connectivity index (χ1n) is 5.27. The van der Waals surface area contributed by atoms with E-state index in [4.69, 9.17) is 4.74 Å². The van der Waals surface area contributed by atoms with Gasteiger partial charge in [0.2, 0.25) is 0 Å². The second-order valence-corrected chi connectivity index (χ2v) is 3.90. The molecule has 2 aromatic rings. The molecule has 1 atom stereocenters. The molecule has 0 aliphatic carbocycles. The zero-order valence-electron chi connectivity index (χ0n) is 9.44. The third-order valence-electron chi connectivity index (χ3n) is 2.80. The first kappa shape index (κ1) is 10.7. The van der Waals surface area contributed by atoms with Crippen LogP contribution in [0, 0.1) is 0 Å². The molecule has 0 saturated carbocycles. The van der Waals surface area contributed by atoms with E-state index in [0.29, 0.717) is 0 Å². The van der Waals surface area contributed by atoms with Crippen molar-refractivity contribution >= 4 is 17.1 Å². The molecule has 0 fully saturated rings.